The average Bonchev–Trinajstić information content (AvgIpc) is 2.51. The maximum atomic E-state index is 12.1. The predicted octanol–water partition coefficient (Wildman–Crippen LogP) is 4.02. The van der Waals surface area contributed by atoms with Gasteiger partial charge in [-0.15, -0.1) is 0 Å². The molecule has 0 aromatic heterocycles. The highest BCUT2D eigenvalue weighted by atomic mass is 16.5. The van der Waals surface area contributed by atoms with Crippen molar-refractivity contribution in [2.45, 2.75) is 64.8 Å². The molecule has 2 atom stereocenters. The molecule has 1 N–H and O–H groups in total. The highest BCUT2D eigenvalue weighted by Gasteiger charge is 2.22. The van der Waals surface area contributed by atoms with Gasteiger partial charge in [-0.05, 0) is 61.8 Å². The van der Waals surface area contributed by atoms with Crippen LogP contribution in [0.3, 0.4) is 0 Å². The number of methoxy groups -OCH3 is 1. The molecule has 0 aliphatic heterocycles. The second-order valence-corrected chi connectivity index (χ2v) is 6.58. The smallest absolute Gasteiger partial charge is 0.220 e. The zero-order valence-electron chi connectivity index (χ0n) is 14.2. The second-order valence-electron chi connectivity index (χ2n) is 6.58. The lowest BCUT2D eigenvalue weighted by Crippen LogP contribution is -2.40. The van der Waals surface area contributed by atoms with Gasteiger partial charge < -0.3 is 10.1 Å². The van der Waals surface area contributed by atoms with Crippen molar-refractivity contribution in [3.63, 3.8) is 0 Å². The standard InChI is InChI=1S/C19H29NO2/c1-14-7-4-5-9-18(14)20-19(21)10-6-8-16-11-12-17(22-3)13-15(16)2/h11-14,18H,4-10H2,1-3H3,(H,20,21)/t14-,18-/m1/s1. The molecule has 0 unspecified atom stereocenters. The molecule has 1 aliphatic carbocycles. The zero-order valence-corrected chi connectivity index (χ0v) is 14.2. The van der Waals surface area contributed by atoms with Crippen molar-refractivity contribution >= 4 is 5.91 Å². The minimum Gasteiger partial charge on any atom is -0.497 e. The van der Waals surface area contributed by atoms with Crippen LogP contribution < -0.4 is 10.1 Å². The van der Waals surface area contributed by atoms with Crippen LogP contribution in [0.25, 0.3) is 0 Å². The number of nitrogens with one attached hydrogen (secondary N) is 1. The minimum atomic E-state index is 0.213. The number of benzene rings is 1. The van der Waals surface area contributed by atoms with Gasteiger partial charge in [-0.2, -0.15) is 0 Å². The van der Waals surface area contributed by atoms with Gasteiger partial charge in [0.2, 0.25) is 5.91 Å². The number of ether oxygens (including phenoxy) is 1. The van der Waals surface area contributed by atoms with Crippen LogP contribution in [0, 0.1) is 12.8 Å². The summed E-state index contributed by atoms with van der Waals surface area (Å²) < 4.78 is 5.22. The molecule has 22 heavy (non-hydrogen) atoms. The minimum absolute atomic E-state index is 0.213. The van der Waals surface area contributed by atoms with E-state index in [1.54, 1.807) is 7.11 Å². The van der Waals surface area contributed by atoms with E-state index >= 15 is 0 Å². The Morgan fingerprint density at radius 2 is 2.09 bits per heavy atom. The molecule has 3 nitrogen and oxygen atoms in total. The molecule has 1 fully saturated rings. The van der Waals surface area contributed by atoms with E-state index in [1.807, 2.05) is 6.07 Å². The van der Waals surface area contributed by atoms with Crippen LogP contribution in [0.2, 0.25) is 0 Å². The summed E-state index contributed by atoms with van der Waals surface area (Å²) in [5.41, 5.74) is 2.54. The van der Waals surface area contributed by atoms with Gasteiger partial charge in [0.1, 0.15) is 5.75 Å². The normalized spacial score (nSPS) is 21.4. The van der Waals surface area contributed by atoms with Crippen LogP contribution in [0.4, 0.5) is 0 Å². The highest BCUT2D eigenvalue weighted by molar-refractivity contribution is 5.76. The topological polar surface area (TPSA) is 38.3 Å². The van der Waals surface area contributed by atoms with Gasteiger partial charge in [-0.1, -0.05) is 25.8 Å². The second kappa shape index (κ2) is 8.21. The largest absolute Gasteiger partial charge is 0.497 e. The van der Waals surface area contributed by atoms with Crippen molar-refractivity contribution in [2.75, 3.05) is 7.11 Å². The molecule has 1 aliphatic rings. The zero-order chi connectivity index (χ0) is 15.9. The lowest BCUT2D eigenvalue weighted by atomic mass is 9.86. The first-order chi connectivity index (χ1) is 10.6. The molecule has 1 aromatic rings. The van der Waals surface area contributed by atoms with Gasteiger partial charge in [0.25, 0.3) is 0 Å². The molecule has 1 amide bonds. The Morgan fingerprint density at radius 3 is 2.77 bits per heavy atom. The number of rotatable bonds is 6. The summed E-state index contributed by atoms with van der Waals surface area (Å²) in [6, 6.07) is 6.55. The van der Waals surface area contributed by atoms with Crippen LogP contribution in [0.1, 0.15) is 56.6 Å². The molecular weight excluding hydrogens is 274 g/mol. The Kier molecular flexibility index (Phi) is 6.29. The van der Waals surface area contributed by atoms with Gasteiger partial charge >= 0.3 is 0 Å². The van der Waals surface area contributed by atoms with Crippen molar-refractivity contribution < 1.29 is 9.53 Å². The van der Waals surface area contributed by atoms with Crippen molar-refractivity contribution in [3.05, 3.63) is 29.3 Å². The quantitative estimate of drug-likeness (QED) is 0.862. The summed E-state index contributed by atoms with van der Waals surface area (Å²) in [5, 5.41) is 3.23. The van der Waals surface area contributed by atoms with Gasteiger partial charge in [0, 0.05) is 12.5 Å². The summed E-state index contributed by atoms with van der Waals surface area (Å²) >= 11 is 0. The van der Waals surface area contributed by atoms with E-state index in [0.29, 0.717) is 18.4 Å². The summed E-state index contributed by atoms with van der Waals surface area (Å²) in [7, 11) is 1.69. The highest BCUT2D eigenvalue weighted by Crippen LogP contribution is 2.24. The molecular formula is C19H29NO2. The number of amides is 1. The Morgan fingerprint density at radius 1 is 1.32 bits per heavy atom. The number of hydrogen-bond acceptors (Lipinski definition) is 2. The number of aryl methyl sites for hydroxylation is 2. The fourth-order valence-corrected chi connectivity index (χ4v) is 3.32. The Bertz CT molecular complexity index is 498. The third-order valence-electron chi connectivity index (χ3n) is 4.86. The van der Waals surface area contributed by atoms with E-state index in [9.17, 15) is 4.79 Å². The lowest BCUT2D eigenvalue weighted by molar-refractivity contribution is -0.122. The van der Waals surface area contributed by atoms with Crippen molar-refractivity contribution in [3.8, 4) is 5.75 Å². The maximum absolute atomic E-state index is 12.1. The fourth-order valence-electron chi connectivity index (χ4n) is 3.32. The fraction of sp³-hybridized carbons (Fsp3) is 0.632. The SMILES string of the molecule is COc1ccc(CCCC(=O)N[C@@H]2CCCC[C@H]2C)c(C)c1. The van der Waals surface area contributed by atoms with Crippen molar-refractivity contribution in [1.82, 2.24) is 5.32 Å². The summed E-state index contributed by atoms with van der Waals surface area (Å²) in [4.78, 5) is 12.1. The Balaban J connectivity index is 1.74. The number of carbonyl (C=O) groups is 1. The van der Waals surface area contributed by atoms with Crippen molar-refractivity contribution in [1.29, 1.82) is 0 Å². The van der Waals surface area contributed by atoms with E-state index in [-0.39, 0.29) is 5.91 Å². The predicted molar refractivity (Wildman–Crippen MR) is 90.2 cm³/mol. The summed E-state index contributed by atoms with van der Waals surface area (Å²) in [6.07, 6.45) is 7.42. The van der Waals surface area contributed by atoms with Crippen LogP contribution in [-0.2, 0) is 11.2 Å². The first-order valence-corrected chi connectivity index (χ1v) is 8.53. The molecule has 0 spiro atoms. The molecule has 1 aromatic carbocycles. The maximum Gasteiger partial charge on any atom is 0.220 e. The third-order valence-corrected chi connectivity index (χ3v) is 4.86. The van der Waals surface area contributed by atoms with Gasteiger partial charge in [0.05, 0.1) is 7.11 Å². The van der Waals surface area contributed by atoms with Crippen LogP contribution in [-0.4, -0.2) is 19.1 Å². The first kappa shape index (κ1) is 16.9. The Hall–Kier alpha value is -1.51. The van der Waals surface area contributed by atoms with Gasteiger partial charge in [-0.3, -0.25) is 4.79 Å². The molecule has 0 saturated heterocycles. The number of carbonyl (C=O) groups excluding carboxylic acids is 1. The monoisotopic (exact) mass is 303 g/mol. The van der Waals surface area contributed by atoms with E-state index in [1.165, 1.54) is 30.4 Å². The van der Waals surface area contributed by atoms with Gasteiger partial charge in [-0.25, -0.2) is 0 Å². The number of hydrogen-bond donors (Lipinski definition) is 1. The first-order valence-electron chi connectivity index (χ1n) is 8.53. The van der Waals surface area contributed by atoms with E-state index < -0.39 is 0 Å². The van der Waals surface area contributed by atoms with Gasteiger partial charge in [0.15, 0.2) is 0 Å². The molecule has 3 heteroatoms. The average molecular weight is 303 g/mol. The lowest BCUT2D eigenvalue weighted by Gasteiger charge is -2.29. The third kappa shape index (κ3) is 4.75. The van der Waals surface area contributed by atoms with Crippen LogP contribution in [0.5, 0.6) is 5.75 Å². The Labute approximate surface area is 134 Å². The van der Waals surface area contributed by atoms with Crippen LogP contribution >= 0.6 is 0 Å². The molecule has 0 heterocycles. The molecule has 2 rings (SSSR count). The van der Waals surface area contributed by atoms with Crippen LogP contribution in [0.15, 0.2) is 18.2 Å². The summed E-state index contributed by atoms with van der Waals surface area (Å²) in [6.45, 7) is 4.35. The van der Waals surface area contributed by atoms with E-state index in [2.05, 4.69) is 31.3 Å². The van der Waals surface area contributed by atoms with Crippen molar-refractivity contribution in [2.24, 2.45) is 5.92 Å². The van der Waals surface area contributed by atoms with E-state index in [0.717, 1.165) is 25.0 Å². The van der Waals surface area contributed by atoms with E-state index in [4.69, 9.17) is 4.74 Å². The molecule has 0 radical (unpaired) electrons. The molecule has 0 bridgehead atoms. The molecule has 122 valence electrons. The summed E-state index contributed by atoms with van der Waals surface area (Å²) in [5.74, 6) is 1.73. The molecule has 1 saturated carbocycles.